The topological polar surface area (TPSA) is 12.9 Å². The van der Waals surface area contributed by atoms with Gasteiger partial charge in [-0.15, -0.1) is 0 Å². The molecule has 0 fully saturated rings. The Morgan fingerprint density at radius 2 is 2.14 bits per heavy atom. The summed E-state index contributed by atoms with van der Waals surface area (Å²) in [5.41, 5.74) is 3.23. The van der Waals surface area contributed by atoms with Crippen molar-refractivity contribution < 1.29 is 0 Å². The highest BCUT2D eigenvalue weighted by Crippen LogP contribution is 2.10. The van der Waals surface area contributed by atoms with Crippen LogP contribution in [0.3, 0.4) is 0 Å². The third-order valence-corrected chi connectivity index (χ3v) is 1.89. The van der Waals surface area contributed by atoms with Gasteiger partial charge in [-0.05, 0) is 31.6 Å². The van der Waals surface area contributed by atoms with Gasteiger partial charge in [0, 0.05) is 5.69 Å². The molecule has 0 saturated carbocycles. The fourth-order valence-corrected chi connectivity index (χ4v) is 1.13. The average Bonchev–Trinajstić information content (AvgIpc) is 2.18. The Balaban J connectivity index is 2.88. The molecule has 0 aliphatic rings. The average molecular weight is 185 g/mol. The Morgan fingerprint density at radius 1 is 1.36 bits per heavy atom. The van der Waals surface area contributed by atoms with Crippen LogP contribution < -0.4 is 0 Å². The molecule has 0 aliphatic heterocycles. The predicted octanol–water partition coefficient (Wildman–Crippen LogP) is 3.54. The molecule has 0 saturated heterocycles. The number of hydrogen-bond acceptors (Lipinski definition) is 1. The zero-order valence-electron chi connectivity index (χ0n) is 8.70. The lowest BCUT2D eigenvalue weighted by Crippen LogP contribution is -1.87. The fraction of sp³-hybridized carbons (Fsp3) is 0.154. The summed E-state index contributed by atoms with van der Waals surface area (Å²) in [6, 6.07) is 6.03. The maximum atomic E-state index is 4.42. The van der Waals surface area contributed by atoms with Crippen LogP contribution in [0, 0.1) is 6.92 Å². The summed E-state index contributed by atoms with van der Waals surface area (Å²) in [6.07, 6.45) is 7.66. The molecule has 0 aromatic carbocycles. The zero-order valence-corrected chi connectivity index (χ0v) is 8.70. The van der Waals surface area contributed by atoms with Gasteiger partial charge >= 0.3 is 0 Å². The van der Waals surface area contributed by atoms with Crippen molar-refractivity contribution in [3.05, 3.63) is 60.5 Å². The van der Waals surface area contributed by atoms with Crippen LogP contribution in [-0.4, -0.2) is 4.98 Å². The van der Waals surface area contributed by atoms with E-state index in [1.807, 2.05) is 43.4 Å². The van der Waals surface area contributed by atoms with Gasteiger partial charge in [-0.1, -0.05) is 36.9 Å². The number of allylic oxidation sites excluding steroid dienone is 5. The molecule has 1 rings (SSSR count). The standard InChI is InChI=1S/C13H15N/c1-4-5-6-8-11(2)13-10-7-9-12(3)14-13/h4-10H,1H2,2-3H3/b6-5-,11-8+. The van der Waals surface area contributed by atoms with Crippen molar-refractivity contribution in [2.75, 3.05) is 0 Å². The van der Waals surface area contributed by atoms with E-state index in [1.165, 1.54) is 0 Å². The molecule has 1 nitrogen and oxygen atoms in total. The van der Waals surface area contributed by atoms with E-state index in [9.17, 15) is 0 Å². The van der Waals surface area contributed by atoms with Crippen LogP contribution in [-0.2, 0) is 0 Å². The molecule has 0 unspecified atom stereocenters. The molecule has 0 bridgehead atoms. The first kappa shape index (κ1) is 10.5. The molecule has 0 atom stereocenters. The summed E-state index contributed by atoms with van der Waals surface area (Å²) in [6.45, 7) is 7.66. The number of pyridine rings is 1. The van der Waals surface area contributed by atoms with Gasteiger partial charge in [0.25, 0.3) is 0 Å². The predicted molar refractivity (Wildman–Crippen MR) is 62.0 cm³/mol. The van der Waals surface area contributed by atoms with Crippen LogP contribution in [0.2, 0.25) is 0 Å². The second-order valence-electron chi connectivity index (χ2n) is 3.13. The molecule has 0 N–H and O–H groups in total. The Kier molecular flexibility index (Phi) is 3.86. The van der Waals surface area contributed by atoms with Crippen LogP contribution in [0.15, 0.2) is 49.1 Å². The van der Waals surface area contributed by atoms with E-state index < -0.39 is 0 Å². The molecule has 1 aromatic heterocycles. The van der Waals surface area contributed by atoms with E-state index in [0.29, 0.717) is 0 Å². The van der Waals surface area contributed by atoms with Gasteiger partial charge in [-0.3, -0.25) is 4.98 Å². The smallest absolute Gasteiger partial charge is 0.0661 e. The maximum absolute atomic E-state index is 4.42. The third kappa shape index (κ3) is 3.02. The molecule has 1 heteroatoms. The molecular weight excluding hydrogens is 170 g/mol. The monoisotopic (exact) mass is 185 g/mol. The maximum Gasteiger partial charge on any atom is 0.0661 e. The van der Waals surface area contributed by atoms with Gasteiger partial charge in [0.2, 0.25) is 0 Å². The molecule has 0 radical (unpaired) electrons. The highest BCUT2D eigenvalue weighted by Gasteiger charge is 1.94. The van der Waals surface area contributed by atoms with Gasteiger partial charge in [-0.2, -0.15) is 0 Å². The van der Waals surface area contributed by atoms with Gasteiger partial charge in [0.05, 0.1) is 5.69 Å². The van der Waals surface area contributed by atoms with Crippen LogP contribution in [0.5, 0.6) is 0 Å². The minimum atomic E-state index is 1.03. The summed E-state index contributed by atoms with van der Waals surface area (Å²) < 4.78 is 0. The molecule has 0 amide bonds. The summed E-state index contributed by atoms with van der Waals surface area (Å²) in [7, 11) is 0. The number of aromatic nitrogens is 1. The molecule has 0 aliphatic carbocycles. The molecule has 1 heterocycles. The summed E-state index contributed by atoms with van der Waals surface area (Å²) in [5.74, 6) is 0. The second kappa shape index (κ2) is 5.18. The molecule has 1 aromatic rings. The van der Waals surface area contributed by atoms with E-state index >= 15 is 0 Å². The van der Waals surface area contributed by atoms with Crippen molar-refractivity contribution in [2.24, 2.45) is 0 Å². The SMILES string of the molecule is C=C/C=C\C=C(/C)c1cccc(C)n1. The molecule has 0 spiro atoms. The van der Waals surface area contributed by atoms with Gasteiger partial charge < -0.3 is 0 Å². The van der Waals surface area contributed by atoms with Crippen molar-refractivity contribution in [3.8, 4) is 0 Å². The number of nitrogens with zero attached hydrogens (tertiary/aromatic N) is 1. The Labute approximate surface area is 85.5 Å². The van der Waals surface area contributed by atoms with E-state index in [4.69, 9.17) is 0 Å². The summed E-state index contributed by atoms with van der Waals surface area (Å²) in [4.78, 5) is 4.42. The Hall–Kier alpha value is -1.63. The third-order valence-electron chi connectivity index (χ3n) is 1.89. The zero-order chi connectivity index (χ0) is 10.4. The minimum Gasteiger partial charge on any atom is -0.253 e. The first-order chi connectivity index (χ1) is 6.74. The minimum absolute atomic E-state index is 1.03. The number of hydrogen-bond donors (Lipinski definition) is 0. The number of rotatable bonds is 3. The lowest BCUT2D eigenvalue weighted by Gasteiger charge is -1.99. The van der Waals surface area contributed by atoms with Crippen molar-refractivity contribution >= 4 is 5.57 Å². The molecule has 72 valence electrons. The van der Waals surface area contributed by atoms with Crippen LogP contribution in [0.4, 0.5) is 0 Å². The molecule has 14 heavy (non-hydrogen) atoms. The van der Waals surface area contributed by atoms with Gasteiger partial charge in [0.15, 0.2) is 0 Å². The van der Waals surface area contributed by atoms with Crippen molar-refractivity contribution in [2.45, 2.75) is 13.8 Å². The highest BCUT2D eigenvalue weighted by molar-refractivity contribution is 5.62. The largest absolute Gasteiger partial charge is 0.253 e. The van der Waals surface area contributed by atoms with E-state index in [1.54, 1.807) is 6.08 Å². The summed E-state index contributed by atoms with van der Waals surface area (Å²) in [5, 5.41) is 0. The Bertz CT molecular complexity index is 373. The van der Waals surface area contributed by atoms with Gasteiger partial charge in [-0.25, -0.2) is 0 Å². The Morgan fingerprint density at radius 3 is 2.79 bits per heavy atom. The quantitative estimate of drug-likeness (QED) is 0.656. The highest BCUT2D eigenvalue weighted by atomic mass is 14.7. The van der Waals surface area contributed by atoms with Crippen LogP contribution in [0.1, 0.15) is 18.3 Å². The van der Waals surface area contributed by atoms with Crippen molar-refractivity contribution in [1.82, 2.24) is 4.98 Å². The first-order valence-electron chi connectivity index (χ1n) is 4.64. The van der Waals surface area contributed by atoms with Crippen molar-refractivity contribution in [3.63, 3.8) is 0 Å². The first-order valence-corrected chi connectivity index (χ1v) is 4.64. The molecular formula is C13H15N. The van der Waals surface area contributed by atoms with Crippen molar-refractivity contribution in [1.29, 1.82) is 0 Å². The van der Waals surface area contributed by atoms with E-state index in [-0.39, 0.29) is 0 Å². The lowest BCUT2D eigenvalue weighted by atomic mass is 10.1. The summed E-state index contributed by atoms with van der Waals surface area (Å²) >= 11 is 0. The second-order valence-corrected chi connectivity index (χ2v) is 3.13. The van der Waals surface area contributed by atoms with Crippen LogP contribution in [0.25, 0.3) is 5.57 Å². The number of aryl methyl sites for hydroxylation is 1. The van der Waals surface area contributed by atoms with E-state index in [0.717, 1.165) is 17.0 Å². The normalized spacial score (nSPS) is 12.0. The lowest BCUT2D eigenvalue weighted by molar-refractivity contribution is 1.17. The fourth-order valence-electron chi connectivity index (χ4n) is 1.13. The van der Waals surface area contributed by atoms with Crippen LogP contribution >= 0.6 is 0 Å². The van der Waals surface area contributed by atoms with Gasteiger partial charge in [0.1, 0.15) is 0 Å². The van der Waals surface area contributed by atoms with E-state index in [2.05, 4.69) is 18.5 Å².